The monoisotopic (exact) mass is 317 g/mol. The maximum absolute atomic E-state index is 14.2. The van der Waals surface area contributed by atoms with Crippen molar-refractivity contribution in [1.82, 2.24) is 4.90 Å². The first-order valence-electron chi connectivity index (χ1n) is 6.43. The Bertz CT molecular complexity index is 606. The number of halogens is 1. The average molecular weight is 317 g/mol. The van der Waals surface area contributed by atoms with Crippen molar-refractivity contribution in [2.24, 2.45) is 5.92 Å². The van der Waals surface area contributed by atoms with Crippen LogP contribution in [-0.2, 0) is 9.84 Å². The molecule has 1 aliphatic rings. The second-order valence-corrected chi connectivity index (χ2v) is 6.99. The van der Waals surface area contributed by atoms with Crippen LogP contribution < -0.4 is 0 Å². The fourth-order valence-electron chi connectivity index (χ4n) is 2.38. The molecule has 0 aliphatic carbocycles. The zero-order valence-electron chi connectivity index (χ0n) is 11.1. The van der Waals surface area contributed by atoms with Crippen LogP contribution >= 0.6 is 0 Å². The van der Waals surface area contributed by atoms with E-state index >= 15 is 0 Å². The molecule has 21 heavy (non-hydrogen) atoms. The van der Waals surface area contributed by atoms with Crippen molar-refractivity contribution in [3.8, 4) is 0 Å². The number of benzene rings is 1. The molecule has 0 aromatic heterocycles. The summed E-state index contributed by atoms with van der Waals surface area (Å²) < 4.78 is 38.4. The lowest BCUT2D eigenvalue weighted by atomic mass is 10.0. The molecule has 1 amide bonds. The number of carbonyl (C=O) groups is 1. The number of aliphatic hydroxyl groups excluding tert-OH is 1. The molecule has 2 rings (SSSR count). The van der Waals surface area contributed by atoms with E-state index in [1.54, 1.807) is 6.07 Å². The first kappa shape index (κ1) is 15.7. The van der Waals surface area contributed by atoms with Crippen molar-refractivity contribution in [1.29, 1.82) is 0 Å². The van der Waals surface area contributed by atoms with E-state index in [1.807, 2.05) is 0 Å². The Kier molecular flexibility index (Phi) is 4.48. The van der Waals surface area contributed by atoms with Crippen LogP contribution in [0.25, 0.3) is 0 Å². The van der Waals surface area contributed by atoms with E-state index in [9.17, 15) is 22.7 Å². The van der Waals surface area contributed by atoms with Crippen LogP contribution in [0.1, 0.15) is 6.42 Å². The van der Waals surface area contributed by atoms with Gasteiger partial charge in [0, 0.05) is 19.0 Å². The van der Waals surface area contributed by atoms with Gasteiger partial charge in [0.05, 0.1) is 4.90 Å². The van der Waals surface area contributed by atoms with Crippen LogP contribution in [0.4, 0.5) is 9.18 Å². The van der Waals surface area contributed by atoms with Crippen molar-refractivity contribution >= 4 is 15.9 Å². The molecule has 0 spiro atoms. The minimum Gasteiger partial charge on any atom is -0.465 e. The molecule has 2 N–H and O–H groups in total. The predicted octanol–water partition coefficient (Wildman–Crippen LogP) is 1.12. The fourth-order valence-corrected chi connectivity index (χ4v) is 3.76. The van der Waals surface area contributed by atoms with Gasteiger partial charge in [-0.25, -0.2) is 17.6 Å². The summed E-state index contributed by atoms with van der Waals surface area (Å²) in [6.45, 7) is 0.0936. The average Bonchev–Trinajstić information content (AvgIpc) is 2.96. The number of amides is 1. The van der Waals surface area contributed by atoms with Crippen LogP contribution in [0.5, 0.6) is 0 Å². The molecule has 1 aromatic carbocycles. The van der Waals surface area contributed by atoms with Crippen LogP contribution in [-0.4, -0.2) is 54.3 Å². The third-order valence-electron chi connectivity index (χ3n) is 3.61. The number of hydrogen-bond acceptors (Lipinski definition) is 4. The number of sulfone groups is 1. The molecule has 0 saturated carbocycles. The molecule has 8 heteroatoms. The minimum absolute atomic E-state index is 0.0682. The number of hydrogen-bond donors (Lipinski definition) is 2. The van der Waals surface area contributed by atoms with E-state index in [1.165, 1.54) is 24.3 Å². The second kappa shape index (κ2) is 5.98. The van der Waals surface area contributed by atoms with E-state index in [0.29, 0.717) is 0 Å². The standard InChI is InChI=1S/C13H16FNO5S/c14-12(21(19,20)10-4-2-1-3-5-10)11(16)9-6-7-15(8-9)13(17)18/h1-5,9,11-12,16H,6-8H2,(H,17,18)/t9-,11?,12?/m0/s1. The summed E-state index contributed by atoms with van der Waals surface area (Å²) in [7, 11) is -4.30. The van der Waals surface area contributed by atoms with Crippen molar-refractivity contribution in [3.63, 3.8) is 0 Å². The van der Waals surface area contributed by atoms with E-state index < -0.39 is 33.5 Å². The molecule has 1 aromatic rings. The van der Waals surface area contributed by atoms with Gasteiger partial charge in [0.1, 0.15) is 6.10 Å². The van der Waals surface area contributed by atoms with Gasteiger partial charge in [-0.05, 0) is 18.6 Å². The summed E-state index contributed by atoms with van der Waals surface area (Å²) in [4.78, 5) is 11.6. The lowest BCUT2D eigenvalue weighted by Gasteiger charge is -2.21. The summed E-state index contributed by atoms with van der Waals surface area (Å²) in [5, 5.41) is 18.8. The largest absolute Gasteiger partial charge is 0.465 e. The summed E-state index contributed by atoms with van der Waals surface area (Å²) >= 11 is 0. The molecular formula is C13H16FNO5S. The molecule has 116 valence electrons. The molecular weight excluding hydrogens is 301 g/mol. The van der Waals surface area contributed by atoms with Gasteiger partial charge in [-0.3, -0.25) is 0 Å². The Morgan fingerprint density at radius 2 is 1.95 bits per heavy atom. The maximum atomic E-state index is 14.2. The third-order valence-corrected chi connectivity index (χ3v) is 5.42. The van der Waals surface area contributed by atoms with Gasteiger partial charge in [-0.15, -0.1) is 0 Å². The quantitative estimate of drug-likeness (QED) is 0.867. The lowest BCUT2D eigenvalue weighted by Crippen LogP contribution is -2.38. The van der Waals surface area contributed by atoms with Gasteiger partial charge in [-0.2, -0.15) is 0 Å². The zero-order valence-corrected chi connectivity index (χ0v) is 11.9. The van der Waals surface area contributed by atoms with E-state index in [0.717, 1.165) is 4.90 Å². The summed E-state index contributed by atoms with van der Waals surface area (Å²) in [6, 6.07) is 7.05. The van der Waals surface area contributed by atoms with Gasteiger partial charge in [0.2, 0.25) is 15.3 Å². The number of aliphatic hydroxyl groups is 1. The highest BCUT2D eigenvalue weighted by Crippen LogP contribution is 2.28. The molecule has 0 radical (unpaired) electrons. The molecule has 1 heterocycles. The van der Waals surface area contributed by atoms with Gasteiger partial charge >= 0.3 is 6.09 Å². The number of rotatable bonds is 4. The van der Waals surface area contributed by atoms with E-state index in [2.05, 4.69) is 0 Å². The van der Waals surface area contributed by atoms with Gasteiger partial charge < -0.3 is 15.1 Å². The molecule has 3 atom stereocenters. The number of likely N-dealkylation sites (tertiary alicyclic amines) is 1. The first-order chi connectivity index (χ1) is 9.84. The van der Waals surface area contributed by atoms with Crippen LogP contribution in [0.15, 0.2) is 35.2 Å². The van der Waals surface area contributed by atoms with Gasteiger partial charge in [-0.1, -0.05) is 18.2 Å². The summed E-state index contributed by atoms with van der Waals surface area (Å²) in [6.07, 6.45) is -2.68. The van der Waals surface area contributed by atoms with Crippen LogP contribution in [0.2, 0.25) is 0 Å². The second-order valence-electron chi connectivity index (χ2n) is 4.98. The predicted molar refractivity (Wildman–Crippen MR) is 72.2 cm³/mol. The van der Waals surface area contributed by atoms with Crippen molar-refractivity contribution in [3.05, 3.63) is 30.3 Å². The highest BCUT2D eigenvalue weighted by Gasteiger charge is 2.41. The number of carboxylic acid groups (broad SMARTS) is 1. The Morgan fingerprint density at radius 3 is 2.48 bits per heavy atom. The van der Waals surface area contributed by atoms with E-state index in [-0.39, 0.29) is 24.4 Å². The SMILES string of the molecule is O=C(O)N1CC[C@H](C(O)C(F)S(=O)(=O)c2ccccc2)C1. The normalized spacial score (nSPS) is 22.0. The summed E-state index contributed by atoms with van der Waals surface area (Å²) in [5.74, 6) is -0.727. The van der Waals surface area contributed by atoms with Crippen molar-refractivity contribution < 1.29 is 27.8 Å². The molecule has 2 unspecified atom stereocenters. The fraction of sp³-hybridized carbons (Fsp3) is 0.462. The number of alkyl halides is 1. The highest BCUT2D eigenvalue weighted by molar-refractivity contribution is 7.92. The Morgan fingerprint density at radius 1 is 1.33 bits per heavy atom. The van der Waals surface area contributed by atoms with E-state index in [4.69, 9.17) is 5.11 Å². The molecule has 1 saturated heterocycles. The summed E-state index contributed by atoms with van der Waals surface area (Å²) in [5.41, 5.74) is -2.47. The smallest absolute Gasteiger partial charge is 0.407 e. The van der Waals surface area contributed by atoms with Crippen molar-refractivity contribution in [2.45, 2.75) is 22.9 Å². The van der Waals surface area contributed by atoms with Crippen LogP contribution in [0.3, 0.4) is 0 Å². The highest BCUT2D eigenvalue weighted by atomic mass is 32.2. The maximum Gasteiger partial charge on any atom is 0.407 e. The molecule has 6 nitrogen and oxygen atoms in total. The Labute approximate surface area is 121 Å². The lowest BCUT2D eigenvalue weighted by molar-refractivity contribution is 0.0649. The molecule has 1 aliphatic heterocycles. The Hall–Kier alpha value is -1.67. The third kappa shape index (κ3) is 3.16. The van der Waals surface area contributed by atoms with Crippen molar-refractivity contribution in [2.75, 3.05) is 13.1 Å². The topological polar surface area (TPSA) is 94.9 Å². The molecule has 1 fully saturated rings. The zero-order chi connectivity index (χ0) is 15.6. The van der Waals surface area contributed by atoms with Gasteiger partial charge in [0.25, 0.3) is 0 Å². The Balaban J connectivity index is 2.13. The van der Waals surface area contributed by atoms with Gasteiger partial charge in [0.15, 0.2) is 0 Å². The van der Waals surface area contributed by atoms with Crippen LogP contribution in [0, 0.1) is 5.92 Å². The molecule has 0 bridgehead atoms. The first-order valence-corrected chi connectivity index (χ1v) is 7.97. The number of nitrogens with zero attached hydrogens (tertiary/aromatic N) is 1. The minimum atomic E-state index is -4.30.